The Morgan fingerprint density at radius 2 is 1.66 bits per heavy atom. The third-order valence-corrected chi connectivity index (χ3v) is 7.37. The van der Waals surface area contributed by atoms with Crippen molar-refractivity contribution in [2.24, 2.45) is 16.8 Å². The first kappa shape index (κ1) is 20.4. The molecule has 2 heterocycles. The van der Waals surface area contributed by atoms with Crippen LogP contribution in [0.2, 0.25) is 0 Å². The van der Waals surface area contributed by atoms with Crippen molar-refractivity contribution in [1.82, 2.24) is 4.90 Å². The van der Waals surface area contributed by atoms with Crippen molar-refractivity contribution in [2.75, 3.05) is 19.0 Å². The van der Waals surface area contributed by atoms with Crippen LogP contribution in [-0.2, 0) is 9.59 Å². The van der Waals surface area contributed by atoms with Crippen molar-refractivity contribution >= 4 is 40.1 Å². The van der Waals surface area contributed by atoms with E-state index in [1.807, 2.05) is 31.1 Å². The van der Waals surface area contributed by atoms with Gasteiger partial charge in [0.2, 0.25) is 11.8 Å². The Hall–Kier alpha value is -3.46. The summed E-state index contributed by atoms with van der Waals surface area (Å²) in [7, 11) is 3.79. The summed E-state index contributed by atoms with van der Waals surface area (Å²) in [6.07, 6.45) is 2.01. The number of anilines is 1. The van der Waals surface area contributed by atoms with Crippen molar-refractivity contribution in [3.63, 3.8) is 0 Å². The van der Waals surface area contributed by atoms with Gasteiger partial charge in [0, 0.05) is 37.1 Å². The van der Waals surface area contributed by atoms with E-state index in [-0.39, 0.29) is 23.4 Å². The SMILES string of the molecule is CN(C)C1=N[C@@H]2C(=C[C@H](c3ccc([N+](=O)[O-])cc3)[C@@H]3C(=O)N(c4ccccc4)C(=O)[C@@H]32)S1. The lowest BCUT2D eigenvalue weighted by molar-refractivity contribution is -0.384. The van der Waals surface area contributed by atoms with Crippen LogP contribution in [0.3, 0.4) is 0 Å². The zero-order valence-electron chi connectivity index (χ0n) is 17.4. The van der Waals surface area contributed by atoms with Gasteiger partial charge >= 0.3 is 0 Å². The highest BCUT2D eigenvalue weighted by atomic mass is 32.2. The molecule has 32 heavy (non-hydrogen) atoms. The average molecular weight is 449 g/mol. The van der Waals surface area contributed by atoms with Crippen molar-refractivity contribution in [1.29, 1.82) is 0 Å². The molecule has 4 atom stereocenters. The zero-order valence-corrected chi connectivity index (χ0v) is 18.2. The van der Waals surface area contributed by atoms with Crippen LogP contribution in [0.25, 0.3) is 0 Å². The number of allylic oxidation sites excluding steroid dienone is 1. The Labute approximate surface area is 188 Å². The maximum Gasteiger partial charge on any atom is 0.269 e. The highest BCUT2D eigenvalue weighted by molar-refractivity contribution is 8.17. The molecule has 1 fully saturated rings. The van der Waals surface area contributed by atoms with Crippen LogP contribution in [0.5, 0.6) is 0 Å². The molecule has 0 saturated carbocycles. The number of nitro groups is 1. The maximum atomic E-state index is 13.6. The van der Waals surface area contributed by atoms with Gasteiger partial charge in [-0.05, 0) is 17.7 Å². The van der Waals surface area contributed by atoms with Gasteiger partial charge < -0.3 is 4.90 Å². The van der Waals surface area contributed by atoms with Crippen molar-refractivity contribution in [3.05, 3.63) is 81.3 Å². The fraction of sp³-hybridized carbons (Fsp3) is 0.261. The van der Waals surface area contributed by atoms with Gasteiger partial charge in [-0.25, -0.2) is 4.90 Å². The molecule has 2 aromatic rings. The molecule has 1 saturated heterocycles. The Morgan fingerprint density at radius 3 is 2.28 bits per heavy atom. The van der Waals surface area contributed by atoms with Gasteiger partial charge in [-0.3, -0.25) is 24.7 Å². The van der Waals surface area contributed by atoms with Crippen molar-refractivity contribution in [2.45, 2.75) is 12.0 Å². The predicted octanol–water partition coefficient (Wildman–Crippen LogP) is 3.41. The fourth-order valence-electron chi connectivity index (χ4n) is 4.63. The normalized spacial score (nSPS) is 26.4. The molecule has 2 aromatic carbocycles. The lowest BCUT2D eigenvalue weighted by atomic mass is 9.72. The first-order chi connectivity index (χ1) is 15.4. The lowest BCUT2D eigenvalue weighted by Gasteiger charge is -2.31. The van der Waals surface area contributed by atoms with E-state index in [2.05, 4.69) is 0 Å². The number of non-ortho nitro benzene ring substituents is 1. The summed E-state index contributed by atoms with van der Waals surface area (Å²) in [6.45, 7) is 0. The van der Waals surface area contributed by atoms with E-state index in [0.29, 0.717) is 5.69 Å². The Morgan fingerprint density at radius 1 is 1.00 bits per heavy atom. The van der Waals surface area contributed by atoms with Crippen molar-refractivity contribution in [3.8, 4) is 0 Å². The lowest BCUT2D eigenvalue weighted by Crippen LogP contribution is -2.36. The summed E-state index contributed by atoms with van der Waals surface area (Å²) in [5.74, 6) is -2.13. The molecule has 0 aromatic heterocycles. The van der Waals surface area contributed by atoms with Crippen LogP contribution >= 0.6 is 11.8 Å². The summed E-state index contributed by atoms with van der Waals surface area (Å²) in [4.78, 5) is 46.7. The highest BCUT2D eigenvalue weighted by Gasteiger charge is 2.58. The van der Waals surface area contributed by atoms with Gasteiger partial charge in [-0.15, -0.1) is 0 Å². The van der Waals surface area contributed by atoms with Gasteiger partial charge in [-0.2, -0.15) is 0 Å². The number of benzene rings is 2. The fourth-order valence-corrected chi connectivity index (χ4v) is 5.72. The molecular weight excluding hydrogens is 428 g/mol. The number of fused-ring (bicyclic) bond motifs is 3. The number of amides is 2. The molecule has 0 radical (unpaired) electrons. The average Bonchev–Trinajstić information content (AvgIpc) is 3.33. The summed E-state index contributed by atoms with van der Waals surface area (Å²) < 4.78 is 0. The van der Waals surface area contributed by atoms with E-state index in [1.165, 1.54) is 28.8 Å². The number of hydrogen-bond donors (Lipinski definition) is 0. The molecule has 8 nitrogen and oxygen atoms in total. The number of imide groups is 1. The van der Waals surface area contributed by atoms with Crippen molar-refractivity contribution < 1.29 is 14.5 Å². The molecule has 0 N–H and O–H groups in total. The molecule has 1 aliphatic carbocycles. The minimum absolute atomic E-state index is 0.0140. The van der Waals surface area contributed by atoms with Crippen LogP contribution in [-0.4, -0.2) is 46.9 Å². The number of carbonyl (C=O) groups excluding carboxylic acids is 2. The topological polar surface area (TPSA) is 96.1 Å². The molecule has 2 aliphatic heterocycles. The van der Waals surface area contributed by atoms with Gasteiger partial charge in [0.1, 0.15) is 0 Å². The zero-order chi connectivity index (χ0) is 22.6. The summed E-state index contributed by atoms with van der Waals surface area (Å²) in [6, 6.07) is 14.8. The van der Waals surface area contributed by atoms with E-state index in [1.54, 1.807) is 36.4 Å². The minimum Gasteiger partial charge on any atom is -0.357 e. The largest absolute Gasteiger partial charge is 0.357 e. The maximum absolute atomic E-state index is 13.6. The van der Waals surface area contributed by atoms with Gasteiger partial charge in [0.15, 0.2) is 5.17 Å². The number of nitrogens with zero attached hydrogens (tertiary/aromatic N) is 4. The highest BCUT2D eigenvalue weighted by Crippen LogP contribution is 2.52. The number of aliphatic imine (C=N–C) groups is 1. The van der Waals surface area contributed by atoms with E-state index < -0.39 is 22.8 Å². The Kier molecular flexibility index (Phi) is 4.85. The molecule has 0 spiro atoms. The van der Waals surface area contributed by atoms with E-state index in [9.17, 15) is 19.7 Å². The third kappa shape index (κ3) is 3.12. The van der Waals surface area contributed by atoms with E-state index >= 15 is 0 Å². The second-order valence-electron chi connectivity index (χ2n) is 8.20. The predicted molar refractivity (Wildman–Crippen MR) is 122 cm³/mol. The van der Waals surface area contributed by atoms with Crippen LogP contribution in [0, 0.1) is 22.0 Å². The first-order valence-corrected chi connectivity index (χ1v) is 11.0. The molecule has 2 amide bonds. The molecule has 0 bridgehead atoms. The quantitative estimate of drug-likeness (QED) is 0.406. The molecule has 5 rings (SSSR count). The number of carbonyl (C=O) groups is 2. The molecule has 162 valence electrons. The summed E-state index contributed by atoms with van der Waals surface area (Å²) in [5.41, 5.74) is 1.30. The number of rotatable bonds is 3. The van der Waals surface area contributed by atoms with Crippen LogP contribution in [0.1, 0.15) is 11.5 Å². The van der Waals surface area contributed by atoms with E-state index in [0.717, 1.165) is 15.6 Å². The molecule has 0 unspecified atom stereocenters. The number of para-hydroxylation sites is 1. The van der Waals surface area contributed by atoms with E-state index in [4.69, 9.17) is 4.99 Å². The monoisotopic (exact) mass is 448 g/mol. The standard InChI is InChI=1S/C23H20N4O4S/c1-25(2)23-24-20-17(32-23)12-16(13-8-10-15(11-9-13)27(30)31)18-19(20)22(29)26(21(18)28)14-6-4-3-5-7-14/h3-12,16,18-20H,1-2H3/t16-,18+,19+,20-/m1/s1. The Bertz CT molecular complexity index is 1180. The Balaban J connectivity index is 1.61. The van der Waals surface area contributed by atoms with Gasteiger partial charge in [-0.1, -0.05) is 48.2 Å². The van der Waals surface area contributed by atoms with Crippen LogP contribution in [0.4, 0.5) is 11.4 Å². The minimum atomic E-state index is -0.622. The molecule has 3 aliphatic rings. The molecular formula is C23H20N4O4S. The summed E-state index contributed by atoms with van der Waals surface area (Å²) >= 11 is 1.51. The molecule has 9 heteroatoms. The number of amidine groups is 1. The summed E-state index contributed by atoms with van der Waals surface area (Å²) in [5, 5.41) is 11.9. The van der Waals surface area contributed by atoms with Crippen LogP contribution < -0.4 is 4.90 Å². The second-order valence-corrected chi connectivity index (χ2v) is 9.24. The third-order valence-electron chi connectivity index (χ3n) is 6.10. The van der Waals surface area contributed by atoms with Crippen LogP contribution in [0.15, 0.2) is 70.6 Å². The number of nitro benzene ring substituents is 1. The van der Waals surface area contributed by atoms with Gasteiger partial charge in [0.05, 0.1) is 28.5 Å². The first-order valence-electron chi connectivity index (χ1n) is 10.2. The smallest absolute Gasteiger partial charge is 0.269 e. The second kappa shape index (κ2) is 7.59. The number of hydrogen-bond acceptors (Lipinski definition) is 7. The van der Waals surface area contributed by atoms with Gasteiger partial charge in [0.25, 0.3) is 5.69 Å². The number of thioether (sulfide) groups is 1.